The molecule has 5 nitrogen and oxygen atoms in total. The summed E-state index contributed by atoms with van der Waals surface area (Å²) in [5, 5.41) is 12.9. The van der Waals surface area contributed by atoms with Crippen molar-refractivity contribution in [2.24, 2.45) is 0 Å². The predicted molar refractivity (Wildman–Crippen MR) is 109 cm³/mol. The number of methoxy groups -OCH3 is 2. The number of para-hydroxylation sites is 1. The number of ether oxygens (including phenoxy) is 3. The van der Waals surface area contributed by atoms with E-state index in [2.05, 4.69) is 11.0 Å². The van der Waals surface area contributed by atoms with Crippen LogP contribution in [0.3, 0.4) is 0 Å². The third kappa shape index (κ3) is 3.28. The SMILES string of the molecule is COc1ccccc1[C@H](c1ccc2c(OC)cccc2c1O)N1CCOCC1. The van der Waals surface area contributed by atoms with E-state index >= 15 is 0 Å². The molecule has 1 aliphatic rings. The molecular formula is C23H25NO4. The molecule has 28 heavy (non-hydrogen) atoms. The number of hydrogen-bond acceptors (Lipinski definition) is 5. The zero-order valence-corrected chi connectivity index (χ0v) is 16.2. The summed E-state index contributed by atoms with van der Waals surface area (Å²) in [6, 6.07) is 17.6. The van der Waals surface area contributed by atoms with Gasteiger partial charge in [-0.15, -0.1) is 0 Å². The molecule has 3 aromatic rings. The highest BCUT2D eigenvalue weighted by Crippen LogP contribution is 2.43. The van der Waals surface area contributed by atoms with Crippen molar-refractivity contribution in [1.29, 1.82) is 0 Å². The Morgan fingerprint density at radius 2 is 1.54 bits per heavy atom. The van der Waals surface area contributed by atoms with E-state index in [1.807, 2.05) is 48.5 Å². The first-order valence-electron chi connectivity index (χ1n) is 9.48. The van der Waals surface area contributed by atoms with Crippen molar-refractivity contribution in [1.82, 2.24) is 4.90 Å². The predicted octanol–water partition coefficient (Wildman–Crippen LogP) is 3.98. The third-order valence-electron chi connectivity index (χ3n) is 5.38. The Kier molecular flexibility index (Phi) is 5.37. The van der Waals surface area contributed by atoms with Crippen molar-refractivity contribution in [3.05, 3.63) is 65.7 Å². The number of aromatic hydroxyl groups is 1. The van der Waals surface area contributed by atoms with Crippen molar-refractivity contribution < 1.29 is 19.3 Å². The minimum atomic E-state index is -0.129. The van der Waals surface area contributed by atoms with Gasteiger partial charge < -0.3 is 19.3 Å². The molecule has 1 atom stereocenters. The van der Waals surface area contributed by atoms with Gasteiger partial charge in [-0.3, -0.25) is 4.90 Å². The van der Waals surface area contributed by atoms with Crippen LogP contribution in [0.25, 0.3) is 10.8 Å². The molecule has 4 rings (SSSR count). The Morgan fingerprint density at radius 1 is 0.821 bits per heavy atom. The average molecular weight is 379 g/mol. The molecule has 146 valence electrons. The topological polar surface area (TPSA) is 51.2 Å². The van der Waals surface area contributed by atoms with E-state index < -0.39 is 0 Å². The molecular weight excluding hydrogens is 354 g/mol. The molecule has 1 fully saturated rings. The molecule has 1 aliphatic heterocycles. The highest BCUT2D eigenvalue weighted by Gasteiger charge is 2.29. The standard InChI is InChI=1S/C23H25NO4/c1-26-20-9-5-7-17-16(20)10-11-19(23(17)25)22(24-12-14-28-15-13-24)18-6-3-4-8-21(18)27-2/h3-11,22,25H,12-15H2,1-2H3/t22-/m1/s1. The molecule has 5 heteroatoms. The molecule has 0 radical (unpaired) electrons. The van der Waals surface area contributed by atoms with Crippen LogP contribution in [0.15, 0.2) is 54.6 Å². The molecule has 1 heterocycles. The number of phenols is 1. The van der Waals surface area contributed by atoms with Crippen LogP contribution in [0.2, 0.25) is 0 Å². The third-order valence-corrected chi connectivity index (χ3v) is 5.38. The van der Waals surface area contributed by atoms with E-state index in [4.69, 9.17) is 14.2 Å². The van der Waals surface area contributed by atoms with Crippen molar-refractivity contribution in [3.8, 4) is 17.2 Å². The maximum absolute atomic E-state index is 11.2. The lowest BCUT2D eigenvalue weighted by Crippen LogP contribution is -2.39. The summed E-state index contributed by atoms with van der Waals surface area (Å²) in [5.74, 6) is 1.84. The van der Waals surface area contributed by atoms with E-state index in [-0.39, 0.29) is 11.8 Å². The van der Waals surface area contributed by atoms with E-state index in [0.717, 1.165) is 46.5 Å². The van der Waals surface area contributed by atoms with E-state index in [1.54, 1.807) is 14.2 Å². The highest BCUT2D eigenvalue weighted by molar-refractivity contribution is 5.94. The molecule has 0 aliphatic carbocycles. The van der Waals surface area contributed by atoms with Gasteiger partial charge in [-0.25, -0.2) is 0 Å². The Hall–Kier alpha value is -2.76. The van der Waals surface area contributed by atoms with Gasteiger partial charge in [0, 0.05) is 35.0 Å². The first-order valence-corrected chi connectivity index (χ1v) is 9.48. The zero-order valence-electron chi connectivity index (χ0n) is 16.2. The van der Waals surface area contributed by atoms with Gasteiger partial charge in [0.05, 0.1) is 33.5 Å². The van der Waals surface area contributed by atoms with Gasteiger partial charge in [0.2, 0.25) is 0 Å². The normalized spacial score (nSPS) is 16.1. The van der Waals surface area contributed by atoms with Crippen molar-refractivity contribution in [2.75, 3.05) is 40.5 Å². The molecule has 0 amide bonds. The average Bonchev–Trinajstić information content (AvgIpc) is 2.76. The second-order valence-electron chi connectivity index (χ2n) is 6.85. The lowest BCUT2D eigenvalue weighted by Gasteiger charge is -2.36. The summed E-state index contributed by atoms with van der Waals surface area (Å²) < 4.78 is 16.7. The molecule has 1 saturated heterocycles. The second kappa shape index (κ2) is 8.09. The van der Waals surface area contributed by atoms with Crippen LogP contribution in [0.4, 0.5) is 0 Å². The monoisotopic (exact) mass is 379 g/mol. The van der Waals surface area contributed by atoms with Gasteiger partial charge >= 0.3 is 0 Å². The minimum absolute atomic E-state index is 0.129. The van der Waals surface area contributed by atoms with E-state index in [1.165, 1.54) is 0 Å². The molecule has 0 aromatic heterocycles. The van der Waals surface area contributed by atoms with E-state index in [0.29, 0.717) is 13.2 Å². The van der Waals surface area contributed by atoms with Crippen molar-refractivity contribution >= 4 is 10.8 Å². The number of hydrogen-bond donors (Lipinski definition) is 1. The largest absolute Gasteiger partial charge is 0.507 e. The maximum atomic E-state index is 11.2. The molecule has 0 spiro atoms. The number of nitrogens with zero attached hydrogens (tertiary/aromatic N) is 1. The van der Waals surface area contributed by atoms with Crippen molar-refractivity contribution in [2.45, 2.75) is 6.04 Å². The summed E-state index contributed by atoms with van der Waals surface area (Å²) >= 11 is 0. The summed E-state index contributed by atoms with van der Waals surface area (Å²) in [4.78, 5) is 2.34. The fraction of sp³-hybridized carbons (Fsp3) is 0.304. The molecule has 3 aromatic carbocycles. The van der Waals surface area contributed by atoms with Crippen LogP contribution >= 0.6 is 0 Å². The van der Waals surface area contributed by atoms with Gasteiger partial charge in [-0.05, 0) is 12.1 Å². The molecule has 0 saturated carbocycles. The van der Waals surface area contributed by atoms with Crippen LogP contribution < -0.4 is 9.47 Å². The van der Waals surface area contributed by atoms with Gasteiger partial charge in [0.15, 0.2) is 0 Å². The highest BCUT2D eigenvalue weighted by atomic mass is 16.5. The molecule has 0 bridgehead atoms. The lowest BCUT2D eigenvalue weighted by atomic mass is 9.92. The van der Waals surface area contributed by atoms with Crippen LogP contribution in [-0.2, 0) is 4.74 Å². The van der Waals surface area contributed by atoms with Crippen LogP contribution in [0.1, 0.15) is 17.2 Å². The summed E-state index contributed by atoms with van der Waals surface area (Å²) in [6.07, 6.45) is 0. The quantitative estimate of drug-likeness (QED) is 0.727. The number of morpholine rings is 1. The number of phenolic OH excluding ortho intramolecular Hbond substituents is 1. The lowest BCUT2D eigenvalue weighted by molar-refractivity contribution is 0.0232. The Balaban J connectivity index is 1.90. The van der Waals surface area contributed by atoms with Gasteiger partial charge in [-0.2, -0.15) is 0 Å². The zero-order chi connectivity index (χ0) is 19.5. The van der Waals surface area contributed by atoms with Gasteiger partial charge in [-0.1, -0.05) is 42.5 Å². The Morgan fingerprint density at radius 3 is 2.29 bits per heavy atom. The smallest absolute Gasteiger partial charge is 0.128 e. The minimum Gasteiger partial charge on any atom is -0.507 e. The van der Waals surface area contributed by atoms with Gasteiger partial charge in [0.25, 0.3) is 0 Å². The van der Waals surface area contributed by atoms with Crippen LogP contribution in [-0.4, -0.2) is 50.5 Å². The van der Waals surface area contributed by atoms with Crippen molar-refractivity contribution in [3.63, 3.8) is 0 Å². The fourth-order valence-corrected chi connectivity index (χ4v) is 4.02. The first-order chi connectivity index (χ1) is 13.7. The summed E-state index contributed by atoms with van der Waals surface area (Å²) in [7, 11) is 3.32. The van der Waals surface area contributed by atoms with Crippen LogP contribution in [0.5, 0.6) is 17.2 Å². The summed E-state index contributed by atoms with van der Waals surface area (Å²) in [6.45, 7) is 2.93. The van der Waals surface area contributed by atoms with Crippen LogP contribution in [0, 0.1) is 0 Å². The fourth-order valence-electron chi connectivity index (χ4n) is 4.02. The first kappa shape index (κ1) is 18.6. The Labute approximate surface area is 165 Å². The summed E-state index contributed by atoms with van der Waals surface area (Å²) in [5.41, 5.74) is 1.89. The second-order valence-corrected chi connectivity index (χ2v) is 6.85. The number of fused-ring (bicyclic) bond motifs is 1. The maximum Gasteiger partial charge on any atom is 0.128 e. The van der Waals surface area contributed by atoms with E-state index in [9.17, 15) is 5.11 Å². The number of benzene rings is 3. The Bertz CT molecular complexity index is 966. The molecule has 1 N–H and O–H groups in total. The molecule has 0 unspecified atom stereocenters. The number of rotatable bonds is 5. The van der Waals surface area contributed by atoms with Gasteiger partial charge in [0.1, 0.15) is 17.2 Å².